The van der Waals surface area contributed by atoms with Crippen molar-refractivity contribution >= 4 is 0 Å². The number of hydrogen-bond donors (Lipinski definition) is 2. The molecule has 0 aliphatic rings. The van der Waals surface area contributed by atoms with Crippen LogP contribution >= 0.6 is 0 Å². The Kier molecular flexibility index (Phi) is 3.19. The van der Waals surface area contributed by atoms with Crippen LogP contribution < -0.4 is 5.73 Å². The van der Waals surface area contributed by atoms with Crippen LogP contribution in [0.4, 0.5) is 0 Å². The molecule has 0 radical (unpaired) electrons. The lowest BCUT2D eigenvalue weighted by Gasteiger charge is -1.85. The van der Waals surface area contributed by atoms with Crippen molar-refractivity contribution in [1.29, 1.82) is 0 Å². The Morgan fingerprint density at radius 3 is 2.57 bits per heavy atom. The Morgan fingerprint density at radius 1 is 1.86 bits per heavy atom. The topological polar surface area (TPSA) is 46.2 Å². The SMILES string of the molecule is CCCC=C(N)O. The molecule has 0 fully saturated rings. The van der Waals surface area contributed by atoms with Gasteiger partial charge in [-0.2, -0.15) is 0 Å². The number of unbranched alkanes of at least 4 members (excludes halogenated alkanes) is 1. The van der Waals surface area contributed by atoms with Crippen molar-refractivity contribution < 1.29 is 5.11 Å². The van der Waals surface area contributed by atoms with Gasteiger partial charge in [-0.1, -0.05) is 13.3 Å². The summed E-state index contributed by atoms with van der Waals surface area (Å²) < 4.78 is 0. The van der Waals surface area contributed by atoms with E-state index >= 15 is 0 Å². The van der Waals surface area contributed by atoms with Crippen LogP contribution in [0.15, 0.2) is 12.0 Å². The number of nitrogens with two attached hydrogens (primary N) is 1. The second kappa shape index (κ2) is 3.53. The molecule has 3 N–H and O–H groups in total. The van der Waals surface area contributed by atoms with Gasteiger partial charge >= 0.3 is 0 Å². The van der Waals surface area contributed by atoms with Crippen LogP contribution in [-0.2, 0) is 0 Å². The number of allylic oxidation sites excluding steroid dienone is 1. The van der Waals surface area contributed by atoms with E-state index in [-0.39, 0.29) is 5.88 Å². The van der Waals surface area contributed by atoms with Crippen LogP contribution in [0, 0.1) is 0 Å². The van der Waals surface area contributed by atoms with Crippen molar-refractivity contribution in [2.45, 2.75) is 19.8 Å². The van der Waals surface area contributed by atoms with Crippen LogP contribution in [0.1, 0.15) is 19.8 Å². The Labute approximate surface area is 43.6 Å². The van der Waals surface area contributed by atoms with E-state index in [0.717, 1.165) is 12.8 Å². The van der Waals surface area contributed by atoms with Crippen molar-refractivity contribution in [1.82, 2.24) is 0 Å². The quantitative estimate of drug-likeness (QED) is 0.512. The Balaban J connectivity index is 3.08. The van der Waals surface area contributed by atoms with Crippen molar-refractivity contribution in [3.8, 4) is 0 Å². The zero-order valence-corrected chi connectivity index (χ0v) is 4.52. The van der Waals surface area contributed by atoms with Crippen LogP contribution in [-0.4, -0.2) is 5.11 Å². The second-order valence-corrected chi connectivity index (χ2v) is 1.42. The Bertz CT molecular complexity index is 64.5. The van der Waals surface area contributed by atoms with E-state index in [0.29, 0.717) is 0 Å². The van der Waals surface area contributed by atoms with Crippen LogP contribution in [0.25, 0.3) is 0 Å². The lowest BCUT2D eigenvalue weighted by atomic mass is 10.3. The third-order valence-corrected chi connectivity index (χ3v) is 0.642. The van der Waals surface area contributed by atoms with Gasteiger partial charge in [-0.05, 0) is 12.5 Å². The molecular formula is C5H11NO. The number of aliphatic hydroxyl groups is 1. The first-order valence-electron chi connectivity index (χ1n) is 2.42. The summed E-state index contributed by atoms with van der Waals surface area (Å²) in [7, 11) is 0. The number of aliphatic hydroxyl groups excluding tert-OH is 1. The zero-order valence-electron chi connectivity index (χ0n) is 4.52. The summed E-state index contributed by atoms with van der Waals surface area (Å²) in [5.74, 6) is -0.0677. The molecule has 2 heteroatoms. The minimum Gasteiger partial charge on any atom is -0.495 e. The summed E-state index contributed by atoms with van der Waals surface area (Å²) in [6, 6.07) is 0. The van der Waals surface area contributed by atoms with Crippen LogP contribution in [0.5, 0.6) is 0 Å². The molecule has 0 saturated heterocycles. The predicted molar refractivity (Wildman–Crippen MR) is 29.8 cm³/mol. The summed E-state index contributed by atoms with van der Waals surface area (Å²) in [6.45, 7) is 2.03. The summed E-state index contributed by atoms with van der Waals surface area (Å²) in [4.78, 5) is 0. The molecule has 0 aromatic heterocycles. The van der Waals surface area contributed by atoms with Crippen LogP contribution in [0.3, 0.4) is 0 Å². The molecular weight excluding hydrogens is 90.1 g/mol. The summed E-state index contributed by atoms with van der Waals surface area (Å²) >= 11 is 0. The number of rotatable bonds is 2. The molecule has 0 aliphatic heterocycles. The fourth-order valence-corrected chi connectivity index (χ4v) is 0.292. The van der Waals surface area contributed by atoms with Gasteiger partial charge in [0.05, 0.1) is 0 Å². The molecule has 0 unspecified atom stereocenters. The second-order valence-electron chi connectivity index (χ2n) is 1.42. The molecule has 0 aromatic rings. The first kappa shape index (κ1) is 6.34. The average molecular weight is 101 g/mol. The maximum atomic E-state index is 8.32. The van der Waals surface area contributed by atoms with E-state index in [1.807, 2.05) is 6.92 Å². The van der Waals surface area contributed by atoms with Gasteiger partial charge in [-0.3, -0.25) is 0 Å². The summed E-state index contributed by atoms with van der Waals surface area (Å²) in [5, 5.41) is 8.32. The molecule has 7 heavy (non-hydrogen) atoms. The van der Waals surface area contributed by atoms with Gasteiger partial charge in [-0.15, -0.1) is 0 Å². The zero-order chi connectivity index (χ0) is 5.70. The molecule has 0 rings (SSSR count). The van der Waals surface area contributed by atoms with E-state index < -0.39 is 0 Å². The summed E-state index contributed by atoms with van der Waals surface area (Å²) in [5.41, 5.74) is 4.90. The highest BCUT2D eigenvalue weighted by atomic mass is 16.3. The monoisotopic (exact) mass is 101 g/mol. The molecule has 2 nitrogen and oxygen atoms in total. The highest BCUT2D eigenvalue weighted by molar-refractivity contribution is 4.82. The van der Waals surface area contributed by atoms with Gasteiger partial charge in [0.15, 0.2) is 5.88 Å². The van der Waals surface area contributed by atoms with Crippen molar-refractivity contribution in [2.75, 3.05) is 0 Å². The van der Waals surface area contributed by atoms with E-state index in [1.54, 1.807) is 6.08 Å². The van der Waals surface area contributed by atoms with E-state index in [4.69, 9.17) is 10.8 Å². The molecule has 42 valence electrons. The maximum Gasteiger partial charge on any atom is 0.177 e. The molecule has 0 heterocycles. The smallest absolute Gasteiger partial charge is 0.177 e. The largest absolute Gasteiger partial charge is 0.495 e. The molecule has 0 spiro atoms. The van der Waals surface area contributed by atoms with E-state index in [9.17, 15) is 0 Å². The highest BCUT2D eigenvalue weighted by Crippen LogP contribution is 1.87. The Morgan fingerprint density at radius 2 is 2.43 bits per heavy atom. The molecule has 0 bridgehead atoms. The normalized spacial score (nSPS) is 11.9. The molecule has 0 amide bonds. The third-order valence-electron chi connectivity index (χ3n) is 0.642. The lowest BCUT2D eigenvalue weighted by Crippen LogP contribution is -1.92. The van der Waals surface area contributed by atoms with Gasteiger partial charge < -0.3 is 10.8 Å². The Hall–Kier alpha value is -0.660. The minimum absolute atomic E-state index is 0.0677. The maximum absolute atomic E-state index is 8.32. The average Bonchev–Trinajstić information content (AvgIpc) is 1.61. The van der Waals surface area contributed by atoms with E-state index in [1.165, 1.54) is 0 Å². The molecule has 0 aromatic carbocycles. The van der Waals surface area contributed by atoms with Gasteiger partial charge in [0.2, 0.25) is 0 Å². The van der Waals surface area contributed by atoms with Crippen molar-refractivity contribution in [2.24, 2.45) is 5.73 Å². The van der Waals surface area contributed by atoms with Crippen molar-refractivity contribution in [3.05, 3.63) is 12.0 Å². The van der Waals surface area contributed by atoms with Gasteiger partial charge in [-0.25, -0.2) is 0 Å². The van der Waals surface area contributed by atoms with Gasteiger partial charge in [0, 0.05) is 0 Å². The lowest BCUT2D eigenvalue weighted by molar-refractivity contribution is 0.402. The third kappa shape index (κ3) is 5.34. The standard InChI is InChI=1S/C5H11NO/c1-2-3-4-5(6)7/h4,7H,2-3,6H2,1H3. The first-order valence-corrected chi connectivity index (χ1v) is 2.42. The first-order chi connectivity index (χ1) is 3.27. The molecule has 0 saturated carbocycles. The fourth-order valence-electron chi connectivity index (χ4n) is 0.292. The van der Waals surface area contributed by atoms with Crippen molar-refractivity contribution in [3.63, 3.8) is 0 Å². The molecule has 0 atom stereocenters. The summed E-state index contributed by atoms with van der Waals surface area (Å²) in [6.07, 6.45) is 3.49. The van der Waals surface area contributed by atoms with E-state index in [2.05, 4.69) is 0 Å². The van der Waals surface area contributed by atoms with Crippen LogP contribution in [0.2, 0.25) is 0 Å². The number of hydrogen-bond acceptors (Lipinski definition) is 2. The minimum atomic E-state index is -0.0677. The highest BCUT2D eigenvalue weighted by Gasteiger charge is 1.75. The predicted octanol–water partition coefficient (Wildman–Crippen LogP) is 1.14. The fraction of sp³-hybridized carbons (Fsp3) is 0.600. The molecule has 0 aliphatic carbocycles. The van der Waals surface area contributed by atoms with Gasteiger partial charge in [0.25, 0.3) is 0 Å². The van der Waals surface area contributed by atoms with Gasteiger partial charge in [0.1, 0.15) is 0 Å².